The third-order valence-corrected chi connectivity index (χ3v) is 10.0. The van der Waals surface area contributed by atoms with Crippen molar-refractivity contribution in [2.24, 2.45) is 0 Å². The average Bonchev–Trinajstić information content (AvgIpc) is 2.58. The van der Waals surface area contributed by atoms with E-state index in [1.807, 2.05) is 0 Å². The molecule has 0 aromatic heterocycles. The van der Waals surface area contributed by atoms with Crippen LogP contribution in [0.15, 0.2) is 0 Å². The molecule has 8 heteroatoms. The van der Waals surface area contributed by atoms with E-state index in [-0.39, 0.29) is 12.3 Å². The molecule has 0 aliphatic rings. The Morgan fingerprint density at radius 3 is 1.11 bits per heavy atom. The van der Waals surface area contributed by atoms with Crippen molar-refractivity contribution in [3.63, 3.8) is 0 Å². The fourth-order valence-corrected chi connectivity index (χ4v) is 8.19. The van der Waals surface area contributed by atoms with Gasteiger partial charge in [-0.2, -0.15) is 0 Å². The summed E-state index contributed by atoms with van der Waals surface area (Å²) in [5, 5.41) is 0. The van der Waals surface area contributed by atoms with Gasteiger partial charge in [0, 0.05) is 0 Å². The first-order chi connectivity index (χ1) is 13.1. The van der Waals surface area contributed by atoms with Crippen molar-refractivity contribution in [1.29, 1.82) is 0 Å². The van der Waals surface area contributed by atoms with Crippen LogP contribution in [0, 0.1) is 0 Å². The van der Waals surface area contributed by atoms with E-state index in [9.17, 15) is 24.5 Å². The summed E-state index contributed by atoms with van der Waals surface area (Å²) in [6.07, 6.45) is 16.9. The van der Waals surface area contributed by atoms with E-state index in [1.54, 1.807) is 0 Å². The van der Waals surface area contributed by atoms with E-state index in [0.29, 0.717) is 12.8 Å². The van der Waals surface area contributed by atoms with Crippen LogP contribution >= 0.6 is 15.5 Å². The molecule has 0 amide bonds. The van der Waals surface area contributed by atoms with Crippen LogP contribution in [0.3, 0.4) is 0 Å². The Kier molecular flexibility index (Phi) is 15.8. The molecule has 0 aromatic rings. The normalized spacial score (nSPS) is 14.2. The fourth-order valence-electron chi connectivity index (χ4n) is 3.57. The van der Waals surface area contributed by atoms with Crippen LogP contribution in [0.4, 0.5) is 0 Å². The van der Waals surface area contributed by atoms with Gasteiger partial charge in [-0.05, 0) is 0 Å². The van der Waals surface area contributed by atoms with Gasteiger partial charge < -0.3 is 0 Å². The van der Waals surface area contributed by atoms with E-state index in [2.05, 4.69) is 13.8 Å². The van der Waals surface area contributed by atoms with E-state index >= 15 is 0 Å². The number of unbranched alkanes of at least 4 members (excludes halogenated alkanes) is 14. The SMILES string of the molecule is CCCCCCCCCCP(O)(O)(CCCCCCCCCC)O[P+](O)(O)O. The quantitative estimate of drug-likeness (QED) is 0.112. The van der Waals surface area contributed by atoms with Crippen LogP contribution in [0.1, 0.15) is 117 Å². The molecule has 0 rings (SSSR count). The molecule has 0 aliphatic carbocycles. The molecule has 172 valence electrons. The summed E-state index contributed by atoms with van der Waals surface area (Å²) in [5.41, 5.74) is 0. The van der Waals surface area contributed by atoms with Crippen LogP contribution in [0.25, 0.3) is 0 Å². The van der Waals surface area contributed by atoms with Crippen molar-refractivity contribution in [2.75, 3.05) is 12.3 Å². The second kappa shape index (κ2) is 15.4. The second-order valence-corrected chi connectivity index (χ2v) is 13.5. The van der Waals surface area contributed by atoms with Gasteiger partial charge in [-0.1, -0.05) is 0 Å². The average molecular weight is 446 g/mol. The summed E-state index contributed by atoms with van der Waals surface area (Å²) >= 11 is 0. The molecule has 0 heterocycles. The van der Waals surface area contributed by atoms with Crippen LogP contribution in [-0.2, 0) is 4.31 Å². The molecule has 5 N–H and O–H groups in total. The maximum absolute atomic E-state index is 10.8. The number of rotatable bonds is 20. The first-order valence-corrected chi connectivity index (χ1v) is 15.4. The van der Waals surface area contributed by atoms with Crippen LogP contribution in [0.5, 0.6) is 0 Å². The molecule has 6 nitrogen and oxygen atoms in total. The van der Waals surface area contributed by atoms with Gasteiger partial charge in [-0.3, -0.25) is 0 Å². The van der Waals surface area contributed by atoms with Crippen molar-refractivity contribution in [2.45, 2.75) is 117 Å². The Morgan fingerprint density at radius 2 is 0.821 bits per heavy atom. The standard InChI is InChI=1S/C20H47O6P2/c1-3-5-7-9-11-13-15-17-19-28(24,25,26-27(21,22)23)20-18-16-14-12-10-8-6-4-2/h21-25H,3-20H2,1-2H3/q+1. The summed E-state index contributed by atoms with van der Waals surface area (Å²) in [5.74, 6) is 0. The monoisotopic (exact) mass is 445 g/mol. The van der Waals surface area contributed by atoms with Gasteiger partial charge in [-0.25, -0.2) is 0 Å². The molecule has 0 fully saturated rings. The molecule has 0 bridgehead atoms. The Labute approximate surface area is 173 Å². The van der Waals surface area contributed by atoms with Gasteiger partial charge in [0.2, 0.25) is 0 Å². The Bertz CT molecular complexity index is 350. The molecule has 28 heavy (non-hydrogen) atoms. The van der Waals surface area contributed by atoms with Crippen LogP contribution < -0.4 is 0 Å². The van der Waals surface area contributed by atoms with E-state index in [1.165, 1.54) is 51.4 Å². The van der Waals surface area contributed by atoms with Gasteiger partial charge in [0.25, 0.3) is 0 Å². The predicted octanol–water partition coefficient (Wildman–Crippen LogP) is 6.22. The first-order valence-electron chi connectivity index (χ1n) is 11.4. The summed E-state index contributed by atoms with van der Waals surface area (Å²) in [6.45, 7) is 4.37. The molecule has 0 saturated heterocycles. The third kappa shape index (κ3) is 17.5. The van der Waals surface area contributed by atoms with Crippen molar-refractivity contribution in [3.8, 4) is 0 Å². The Hall–Kier alpha value is 0.620. The third-order valence-electron chi connectivity index (χ3n) is 5.22. The van der Waals surface area contributed by atoms with Gasteiger partial charge >= 0.3 is 173 Å². The number of hydrogen-bond acceptors (Lipinski definition) is 6. The molecule has 0 saturated carbocycles. The Morgan fingerprint density at radius 1 is 0.536 bits per heavy atom. The van der Waals surface area contributed by atoms with Gasteiger partial charge in [0.15, 0.2) is 0 Å². The van der Waals surface area contributed by atoms with Crippen LogP contribution in [0.2, 0.25) is 0 Å². The zero-order chi connectivity index (χ0) is 21.4. The molecular formula is C20H47O6P2+. The summed E-state index contributed by atoms with van der Waals surface area (Å²) in [7, 11) is -9.42. The molecule has 0 aliphatic heterocycles. The second-order valence-electron chi connectivity index (χ2n) is 8.29. The molecule has 0 spiro atoms. The molecule has 0 aromatic carbocycles. The topological polar surface area (TPSA) is 110 Å². The number of hydrogen-bond donors (Lipinski definition) is 5. The summed E-state index contributed by atoms with van der Waals surface area (Å²) < 4.78 is 4.75. The maximum atomic E-state index is 10.8. The fraction of sp³-hybridized carbons (Fsp3) is 1.00. The van der Waals surface area contributed by atoms with Gasteiger partial charge in [0.1, 0.15) is 0 Å². The van der Waals surface area contributed by atoms with Crippen molar-refractivity contribution in [1.82, 2.24) is 0 Å². The van der Waals surface area contributed by atoms with Crippen LogP contribution in [-0.4, -0.2) is 36.8 Å². The molecular weight excluding hydrogens is 398 g/mol. The van der Waals surface area contributed by atoms with Gasteiger partial charge in [0.05, 0.1) is 0 Å². The molecule has 0 radical (unpaired) electrons. The van der Waals surface area contributed by atoms with Crippen molar-refractivity contribution < 1.29 is 28.8 Å². The zero-order valence-electron chi connectivity index (χ0n) is 18.3. The van der Waals surface area contributed by atoms with Crippen molar-refractivity contribution >= 4 is 15.5 Å². The minimum atomic E-state index is -4.73. The predicted molar refractivity (Wildman–Crippen MR) is 121 cm³/mol. The summed E-state index contributed by atoms with van der Waals surface area (Å²) in [6, 6.07) is 0. The van der Waals surface area contributed by atoms with E-state index in [4.69, 9.17) is 4.31 Å². The Balaban J connectivity index is 4.24. The van der Waals surface area contributed by atoms with Gasteiger partial charge in [-0.15, -0.1) is 0 Å². The summed E-state index contributed by atoms with van der Waals surface area (Å²) in [4.78, 5) is 49.4. The van der Waals surface area contributed by atoms with Crippen molar-refractivity contribution in [3.05, 3.63) is 0 Å². The zero-order valence-corrected chi connectivity index (χ0v) is 20.1. The van der Waals surface area contributed by atoms with E-state index in [0.717, 1.165) is 38.5 Å². The molecule has 0 unspecified atom stereocenters. The van der Waals surface area contributed by atoms with E-state index < -0.39 is 15.5 Å². The first kappa shape index (κ1) is 28.6. The minimum absolute atomic E-state index is 0.0134. The molecule has 0 atom stereocenters.